The standard InChI is InChI=1S/C74H66/c1-3-4-23-49(2)70-60-33-13-15-35-62(60)71(63-36-16-14-34-61(63)70)54-44-42-50(43-45-54)57-47-68(52-24-7-5-8-25-52)73(69(48-57)53-26-9-6-10-27-53)56-31-21-30-55(46-56)72-64-37-17-19-39-66(64)74(67-40-20-18-38-65(67)72)59-41-22-29-51-28-11-12-32-58(51)59/h5,7-9,11-13,15,17-20,22,24,26-30,32-46,48-49,52,68H,3-4,6,10,14,16,21,23,25,31,47H2,1-2H3. The molecule has 0 amide bonds. The van der Waals surface area contributed by atoms with Crippen LogP contribution in [-0.2, 0) is 0 Å². The molecule has 0 heterocycles. The third-order valence-electron chi connectivity index (χ3n) is 17.2. The van der Waals surface area contributed by atoms with Gasteiger partial charge in [0.2, 0.25) is 0 Å². The van der Waals surface area contributed by atoms with Crippen LogP contribution < -0.4 is 10.4 Å². The van der Waals surface area contributed by atoms with Gasteiger partial charge in [-0.3, -0.25) is 0 Å². The summed E-state index contributed by atoms with van der Waals surface area (Å²) in [6.45, 7) is 4.78. The highest BCUT2D eigenvalue weighted by molar-refractivity contribution is 6.22. The van der Waals surface area contributed by atoms with Gasteiger partial charge >= 0.3 is 0 Å². The zero-order valence-corrected chi connectivity index (χ0v) is 43.2. The molecule has 0 saturated carbocycles. The molecule has 13 rings (SSSR count). The second-order valence-electron chi connectivity index (χ2n) is 21.7. The van der Waals surface area contributed by atoms with Gasteiger partial charge in [-0.25, -0.2) is 0 Å². The first-order valence-corrected chi connectivity index (χ1v) is 28.0. The monoisotopic (exact) mass is 955 g/mol. The van der Waals surface area contributed by atoms with Gasteiger partial charge in [0, 0.05) is 0 Å². The molecular formula is C74H66. The van der Waals surface area contributed by atoms with E-state index in [0.717, 1.165) is 51.4 Å². The van der Waals surface area contributed by atoms with Gasteiger partial charge in [0.05, 0.1) is 0 Å². The smallest absolute Gasteiger partial charge is 0.00201 e. The fourth-order valence-electron chi connectivity index (χ4n) is 13.8. The Morgan fingerprint density at radius 1 is 0.514 bits per heavy atom. The predicted molar refractivity (Wildman–Crippen MR) is 320 cm³/mol. The van der Waals surface area contributed by atoms with Crippen molar-refractivity contribution in [3.05, 3.63) is 250 Å². The molecular weight excluding hydrogens is 889 g/mol. The minimum absolute atomic E-state index is 0.332. The lowest BCUT2D eigenvalue weighted by atomic mass is 9.67. The molecule has 0 saturated heterocycles. The first-order valence-electron chi connectivity index (χ1n) is 28.0. The van der Waals surface area contributed by atoms with E-state index in [2.05, 4.69) is 226 Å². The average Bonchev–Trinajstić information content (AvgIpc) is 3.48. The van der Waals surface area contributed by atoms with Crippen LogP contribution in [0.15, 0.2) is 223 Å². The highest BCUT2D eigenvalue weighted by Crippen LogP contribution is 2.50. The summed E-state index contributed by atoms with van der Waals surface area (Å²) in [5.41, 5.74) is 18.2. The van der Waals surface area contributed by atoms with Crippen molar-refractivity contribution in [2.45, 2.75) is 90.4 Å². The lowest BCUT2D eigenvalue weighted by Crippen LogP contribution is -2.34. The van der Waals surface area contributed by atoms with E-state index in [4.69, 9.17) is 0 Å². The van der Waals surface area contributed by atoms with Crippen LogP contribution in [0.1, 0.15) is 107 Å². The third kappa shape index (κ3) is 8.24. The van der Waals surface area contributed by atoms with Gasteiger partial charge in [0.15, 0.2) is 0 Å². The molecule has 74 heavy (non-hydrogen) atoms. The summed E-state index contributed by atoms with van der Waals surface area (Å²) in [7, 11) is 0. The number of unbranched alkanes of at least 4 members (excludes halogenated alkanes) is 1. The minimum atomic E-state index is 0.332. The molecule has 8 aromatic rings. The summed E-state index contributed by atoms with van der Waals surface area (Å²) in [6, 6.07) is 53.1. The molecule has 0 N–H and O–H groups in total. The Balaban J connectivity index is 0.959. The van der Waals surface area contributed by atoms with Gasteiger partial charge in [0.25, 0.3) is 0 Å². The molecule has 0 aliphatic heterocycles. The Hall–Kier alpha value is -7.54. The number of allylic oxidation sites excluding steroid dienone is 16. The van der Waals surface area contributed by atoms with Gasteiger partial charge in [0.1, 0.15) is 0 Å². The highest BCUT2D eigenvalue weighted by Gasteiger charge is 2.34. The largest absolute Gasteiger partial charge is 0.0839 e. The molecule has 0 heteroatoms. The van der Waals surface area contributed by atoms with Crippen LogP contribution in [0.4, 0.5) is 0 Å². The Kier molecular flexibility index (Phi) is 12.5. The van der Waals surface area contributed by atoms with Crippen molar-refractivity contribution in [3.63, 3.8) is 0 Å². The zero-order chi connectivity index (χ0) is 49.5. The van der Waals surface area contributed by atoms with E-state index in [9.17, 15) is 0 Å². The maximum Gasteiger partial charge on any atom is -0.00201 e. The van der Waals surface area contributed by atoms with Crippen molar-refractivity contribution in [1.82, 2.24) is 0 Å². The lowest BCUT2D eigenvalue weighted by Gasteiger charge is -2.36. The molecule has 3 atom stereocenters. The van der Waals surface area contributed by atoms with Crippen LogP contribution in [0.25, 0.3) is 88.6 Å². The molecule has 0 nitrogen and oxygen atoms in total. The fraction of sp³-hybridized carbons (Fsp3) is 0.216. The van der Waals surface area contributed by atoms with Crippen molar-refractivity contribution >= 4 is 66.4 Å². The Labute approximate surface area is 438 Å². The van der Waals surface area contributed by atoms with E-state index >= 15 is 0 Å². The normalized spacial score (nSPS) is 18.9. The highest BCUT2D eigenvalue weighted by atomic mass is 14.4. The van der Waals surface area contributed by atoms with Crippen LogP contribution in [-0.4, -0.2) is 0 Å². The van der Waals surface area contributed by atoms with Crippen LogP contribution in [0, 0.1) is 11.8 Å². The fourth-order valence-corrected chi connectivity index (χ4v) is 13.8. The van der Waals surface area contributed by atoms with E-state index < -0.39 is 0 Å². The van der Waals surface area contributed by atoms with E-state index in [1.165, 1.54) is 134 Å². The number of hydrogen-bond donors (Lipinski definition) is 0. The average molecular weight is 955 g/mol. The molecule has 0 aromatic heterocycles. The van der Waals surface area contributed by atoms with E-state index in [-0.39, 0.29) is 0 Å². The van der Waals surface area contributed by atoms with E-state index in [1.54, 1.807) is 11.1 Å². The van der Waals surface area contributed by atoms with Crippen molar-refractivity contribution in [2.24, 2.45) is 11.8 Å². The van der Waals surface area contributed by atoms with Crippen LogP contribution in [0.3, 0.4) is 0 Å². The lowest BCUT2D eigenvalue weighted by molar-refractivity contribution is 0.458. The quantitative estimate of drug-likeness (QED) is 0.113. The second-order valence-corrected chi connectivity index (χ2v) is 21.7. The third-order valence-corrected chi connectivity index (χ3v) is 17.2. The first-order chi connectivity index (χ1) is 36.6. The summed E-state index contributed by atoms with van der Waals surface area (Å²) >= 11 is 0. The van der Waals surface area contributed by atoms with E-state index in [0.29, 0.717) is 17.8 Å². The SMILES string of the molecule is CCCCC(C)c1c2c(c(-c3ccc(C4=CC(C5=CCCC=C5)=C(C5=CC(c6c7ccccc7c(-c7cccc8ccccc78)c7ccccc67)=CCC5)C(C5C=CC=CC5)C4)cc3)c3ccccc13)=CCCC=2. The van der Waals surface area contributed by atoms with Crippen molar-refractivity contribution in [2.75, 3.05) is 0 Å². The number of benzene rings is 8. The van der Waals surface area contributed by atoms with Gasteiger partial charge in [-0.2, -0.15) is 0 Å². The molecule has 0 radical (unpaired) electrons. The van der Waals surface area contributed by atoms with Crippen LogP contribution >= 0.6 is 0 Å². The van der Waals surface area contributed by atoms with Gasteiger partial charge in [-0.15, -0.1) is 0 Å². The number of hydrogen-bond acceptors (Lipinski definition) is 0. The molecule has 5 aliphatic carbocycles. The van der Waals surface area contributed by atoms with Crippen molar-refractivity contribution < 1.29 is 0 Å². The topological polar surface area (TPSA) is 0 Å². The molecule has 5 aliphatic rings. The Morgan fingerprint density at radius 3 is 1.85 bits per heavy atom. The maximum absolute atomic E-state index is 2.62. The second kappa shape index (κ2) is 20.1. The van der Waals surface area contributed by atoms with Crippen molar-refractivity contribution in [1.29, 1.82) is 0 Å². The summed E-state index contributed by atoms with van der Waals surface area (Å²) in [5.74, 6) is 1.26. The number of rotatable bonds is 11. The first kappa shape index (κ1) is 46.3. The summed E-state index contributed by atoms with van der Waals surface area (Å²) < 4.78 is 0. The maximum atomic E-state index is 2.62. The van der Waals surface area contributed by atoms with Crippen LogP contribution in [0.5, 0.6) is 0 Å². The summed E-state index contributed by atoms with van der Waals surface area (Å²) in [6.07, 6.45) is 41.9. The summed E-state index contributed by atoms with van der Waals surface area (Å²) in [4.78, 5) is 0. The number of fused-ring (bicyclic) bond motifs is 5. The van der Waals surface area contributed by atoms with Gasteiger partial charge < -0.3 is 0 Å². The van der Waals surface area contributed by atoms with Crippen molar-refractivity contribution in [3.8, 4) is 22.3 Å². The minimum Gasteiger partial charge on any atom is -0.0839 e. The molecule has 362 valence electrons. The predicted octanol–water partition coefficient (Wildman–Crippen LogP) is 19.2. The zero-order valence-electron chi connectivity index (χ0n) is 43.2. The summed E-state index contributed by atoms with van der Waals surface area (Å²) in [5, 5.41) is 13.6. The molecule has 3 unspecified atom stereocenters. The Morgan fingerprint density at radius 2 is 1.15 bits per heavy atom. The van der Waals surface area contributed by atoms with Gasteiger partial charge in [-0.05, 0) is 201 Å². The van der Waals surface area contributed by atoms with Gasteiger partial charge in [-0.1, -0.05) is 239 Å². The van der Waals surface area contributed by atoms with Crippen LogP contribution in [0.2, 0.25) is 0 Å². The molecule has 0 fully saturated rings. The molecule has 0 spiro atoms. The van der Waals surface area contributed by atoms with E-state index in [1.807, 2.05) is 0 Å². The molecule has 0 bridgehead atoms. The Bertz CT molecular complexity index is 3880. The molecule has 8 aromatic carbocycles.